The summed E-state index contributed by atoms with van der Waals surface area (Å²) in [7, 11) is 0. The predicted octanol–water partition coefficient (Wildman–Crippen LogP) is 15.0. The van der Waals surface area contributed by atoms with Crippen LogP contribution in [0.4, 0.5) is 0 Å². The summed E-state index contributed by atoms with van der Waals surface area (Å²) in [5.41, 5.74) is 0. The Labute approximate surface area is 263 Å². The molecular formula is C40H80O. The summed E-state index contributed by atoms with van der Waals surface area (Å²) >= 11 is 0. The normalized spacial score (nSPS) is 23.2. The number of carbonyl (C=O) groups is 1. The van der Waals surface area contributed by atoms with Gasteiger partial charge in [-0.2, -0.15) is 0 Å². The third-order valence-corrected chi connectivity index (χ3v) is 4.60. The van der Waals surface area contributed by atoms with Crippen LogP contribution in [0.1, 0.15) is 252 Å². The highest BCUT2D eigenvalue weighted by atomic mass is 16.1. The van der Waals surface area contributed by atoms with Crippen molar-refractivity contribution >= 4 is 6.77 Å². The van der Waals surface area contributed by atoms with E-state index in [9.17, 15) is 0 Å². The largest absolute Gasteiger partial charge is 0.307 e. The number of rotatable bonds is 0. The van der Waals surface area contributed by atoms with Crippen LogP contribution >= 0.6 is 0 Å². The summed E-state index contributed by atoms with van der Waals surface area (Å²) in [6.45, 7) is 0. The molecule has 13 aliphatic carbocycles. The van der Waals surface area contributed by atoms with Crippen LogP contribution in [0.25, 0.3) is 0 Å². The maximum absolute atomic E-state index is 8.47. The molecule has 0 spiro atoms. The lowest BCUT2D eigenvalue weighted by atomic mass is 11.0. The van der Waals surface area contributed by atoms with Crippen molar-refractivity contribution in [3.8, 4) is 0 Å². The van der Waals surface area contributed by atoms with E-state index in [1.54, 1.807) is 0 Å². The van der Waals surface area contributed by atoms with Crippen LogP contribution in [0.3, 0.4) is 0 Å². The first-order valence-electron chi connectivity index (χ1n) is 20.3. The first-order chi connectivity index (χ1) is 20.9. The second-order valence-corrected chi connectivity index (χ2v) is 13.8. The van der Waals surface area contributed by atoms with Crippen LogP contribution in [0.15, 0.2) is 0 Å². The predicted molar refractivity (Wildman–Crippen MR) is 187 cm³/mol. The molecule has 13 aliphatic rings. The molecule has 13 saturated carbocycles. The highest BCUT2D eigenvalue weighted by Crippen LogP contribution is 2.18. The van der Waals surface area contributed by atoms with Crippen molar-refractivity contribution in [2.75, 3.05) is 0 Å². The Bertz CT molecular complexity index is 258. The van der Waals surface area contributed by atoms with Crippen molar-refractivity contribution in [2.45, 2.75) is 250 Å². The van der Waals surface area contributed by atoms with E-state index in [2.05, 4.69) is 0 Å². The standard InChI is InChI=1S/13C3H6.CH2O/c13*1-2-3-1;1-2/h13*1-3H2;1H2/i;;;;;;;;;;;;;1D. The Balaban J connectivity index is 0.000000431. The topological polar surface area (TPSA) is 17.1 Å². The molecule has 0 unspecified atom stereocenters. The van der Waals surface area contributed by atoms with Crippen molar-refractivity contribution < 1.29 is 6.17 Å². The molecule has 1 nitrogen and oxygen atoms in total. The first-order valence-corrected chi connectivity index (χ1v) is 19.7. The summed E-state index contributed by atoms with van der Waals surface area (Å²) < 4.78 is 5.53. The van der Waals surface area contributed by atoms with Crippen molar-refractivity contribution in [1.82, 2.24) is 0 Å². The van der Waals surface area contributed by atoms with E-state index < -0.39 is 0 Å². The molecule has 0 aromatic rings. The second-order valence-electron chi connectivity index (χ2n) is 13.8. The molecule has 13 rings (SSSR count). The molecular weight excluding hydrogens is 496 g/mol. The molecule has 0 radical (unpaired) electrons. The molecule has 0 aromatic heterocycles. The second kappa shape index (κ2) is 39.7. The van der Waals surface area contributed by atoms with Crippen molar-refractivity contribution in [1.29, 1.82) is 0 Å². The van der Waals surface area contributed by atoms with Crippen LogP contribution in [0.5, 0.6) is 0 Å². The van der Waals surface area contributed by atoms with Gasteiger partial charge in [-0.05, 0) is 0 Å². The fraction of sp³-hybridized carbons (Fsp3) is 0.975. The summed E-state index contributed by atoms with van der Waals surface area (Å²) in [5, 5.41) is 0. The van der Waals surface area contributed by atoms with Gasteiger partial charge in [0.05, 0.1) is 0 Å². The van der Waals surface area contributed by atoms with Crippen LogP contribution in [0, 0.1) is 0 Å². The van der Waals surface area contributed by atoms with Gasteiger partial charge in [0, 0.05) is 0 Å². The van der Waals surface area contributed by atoms with Crippen molar-refractivity contribution in [3.63, 3.8) is 0 Å². The average Bonchev–Trinajstić information content (AvgIpc) is 3.93. The summed E-state index contributed by atoms with van der Waals surface area (Å²) in [6.07, 6.45) is 58.5. The number of carbonyl (C=O) groups excluding carboxylic acids is 1. The molecule has 13 fully saturated rings. The summed E-state index contributed by atoms with van der Waals surface area (Å²) in [4.78, 5) is 8.47. The Kier molecular flexibility index (Phi) is 37.4. The Hall–Kier alpha value is -0.330. The van der Waals surface area contributed by atoms with Gasteiger partial charge in [0.1, 0.15) is 8.14 Å². The van der Waals surface area contributed by atoms with Crippen LogP contribution in [-0.2, 0) is 4.79 Å². The fourth-order valence-corrected chi connectivity index (χ4v) is 0. The van der Waals surface area contributed by atoms with E-state index in [1.165, 1.54) is 250 Å². The lowest BCUT2D eigenvalue weighted by Gasteiger charge is -1.05. The van der Waals surface area contributed by atoms with Gasteiger partial charge in [0.15, 0.2) is 0 Å². The van der Waals surface area contributed by atoms with Gasteiger partial charge in [0.25, 0.3) is 0 Å². The molecule has 1 heteroatoms. The third-order valence-electron chi connectivity index (χ3n) is 4.60. The highest BCUT2D eigenvalue weighted by molar-refractivity contribution is 5.11. The van der Waals surface area contributed by atoms with Crippen LogP contribution < -0.4 is 0 Å². The Morgan fingerprint density at radius 3 is 0.220 bits per heavy atom. The molecule has 246 valence electrons. The lowest BCUT2D eigenvalue weighted by Crippen LogP contribution is -0.925. The molecule has 0 N–H and O–H groups in total. The monoisotopic (exact) mass is 578 g/mol. The average molecular weight is 578 g/mol. The maximum atomic E-state index is 8.47. The van der Waals surface area contributed by atoms with Gasteiger partial charge in [-0.25, -0.2) is 0 Å². The van der Waals surface area contributed by atoms with Crippen molar-refractivity contribution in [3.05, 3.63) is 0 Å². The van der Waals surface area contributed by atoms with E-state index in [1.807, 2.05) is 0 Å². The maximum Gasteiger partial charge on any atom is 0.106 e. The molecule has 0 atom stereocenters. The first kappa shape index (κ1) is 38.7. The molecule has 0 amide bonds. The molecule has 0 aromatic carbocycles. The zero-order chi connectivity index (χ0) is 30.3. The van der Waals surface area contributed by atoms with E-state index in [4.69, 9.17) is 6.17 Å². The van der Waals surface area contributed by atoms with Gasteiger partial charge in [-0.15, -0.1) is 0 Å². The van der Waals surface area contributed by atoms with Crippen LogP contribution in [0.2, 0.25) is 0 Å². The van der Waals surface area contributed by atoms with Gasteiger partial charge in [0.2, 0.25) is 0 Å². The molecule has 0 heterocycles. The van der Waals surface area contributed by atoms with Crippen molar-refractivity contribution in [2.24, 2.45) is 0 Å². The Morgan fingerprint density at radius 1 is 0.195 bits per heavy atom. The molecule has 41 heavy (non-hydrogen) atoms. The lowest BCUT2D eigenvalue weighted by molar-refractivity contribution is -0.0980. The quantitative estimate of drug-likeness (QED) is 0.280. The fourth-order valence-electron chi connectivity index (χ4n) is 0. The number of hydrogen-bond donors (Lipinski definition) is 0. The van der Waals surface area contributed by atoms with E-state index in [-0.39, 0.29) is 6.77 Å². The SMILES string of the molecule is C1CC1.C1CC1.C1CC1.C1CC1.C1CC1.C1CC1.C1CC1.C1CC1.C1CC1.C1CC1.C1CC1.C1CC1.C1CC1.[2H]C=O. The zero-order valence-electron chi connectivity index (χ0n) is 29.6. The smallest absolute Gasteiger partial charge is 0.106 e. The summed E-state index contributed by atoms with van der Waals surface area (Å²) in [5.74, 6) is 0. The number of hydrogen-bond acceptors (Lipinski definition) is 1. The van der Waals surface area contributed by atoms with E-state index in [0.717, 1.165) is 0 Å². The van der Waals surface area contributed by atoms with E-state index in [0.29, 0.717) is 0 Å². The minimum Gasteiger partial charge on any atom is -0.307 e. The van der Waals surface area contributed by atoms with Gasteiger partial charge in [-0.3, -0.25) is 0 Å². The minimum atomic E-state index is 0. The van der Waals surface area contributed by atoms with Gasteiger partial charge >= 0.3 is 0 Å². The molecule has 0 saturated heterocycles. The van der Waals surface area contributed by atoms with Gasteiger partial charge < -0.3 is 4.79 Å². The summed E-state index contributed by atoms with van der Waals surface area (Å²) in [6, 6.07) is 0. The van der Waals surface area contributed by atoms with E-state index >= 15 is 0 Å². The Morgan fingerprint density at radius 2 is 0.220 bits per heavy atom. The minimum absolute atomic E-state index is 0. The molecule has 0 aliphatic heterocycles. The zero-order valence-corrected chi connectivity index (χ0v) is 28.6. The third kappa shape index (κ3) is 351. The van der Waals surface area contributed by atoms with Gasteiger partial charge in [-0.1, -0.05) is 250 Å². The highest BCUT2D eigenvalue weighted by Gasteiger charge is 1.98. The van der Waals surface area contributed by atoms with Crippen LogP contribution in [-0.4, -0.2) is 6.77 Å². The molecule has 0 bridgehead atoms.